The Morgan fingerprint density at radius 2 is 0.580 bits per heavy atom. The summed E-state index contributed by atoms with van der Waals surface area (Å²) in [7, 11) is 0. The topological polar surface area (TPSA) is 95.9 Å². The Morgan fingerprint density at radius 1 is 0.333 bits per heavy atom. The molecular formula is C75H145NO5. The van der Waals surface area contributed by atoms with E-state index in [-0.39, 0.29) is 18.5 Å². The lowest BCUT2D eigenvalue weighted by atomic mass is 10.0. The highest BCUT2D eigenvalue weighted by Gasteiger charge is 2.18. The number of ether oxygens (including phenoxy) is 1. The normalized spacial score (nSPS) is 12.6. The van der Waals surface area contributed by atoms with Crippen LogP contribution in [0.3, 0.4) is 0 Å². The fourth-order valence-electron chi connectivity index (χ4n) is 11.8. The van der Waals surface area contributed by atoms with Crippen LogP contribution in [0.2, 0.25) is 0 Å². The number of hydrogen-bond donors (Lipinski definition) is 3. The number of rotatable bonds is 70. The SMILES string of the molecule is CCCCCCCCCCCCCCCCCCCCCCCC/C=C/C(O)C(CO)NC(=O)CCCCCCCCCCCC/C=C\CCCCCCCCCCCCCCOC(=O)CCCCCCCCCCCCCCCC. The second-order valence-electron chi connectivity index (χ2n) is 25.6. The summed E-state index contributed by atoms with van der Waals surface area (Å²) < 4.78 is 5.49. The second kappa shape index (κ2) is 70.8. The summed E-state index contributed by atoms with van der Waals surface area (Å²) in [6.07, 6.45) is 89.8. The van der Waals surface area contributed by atoms with E-state index in [0.717, 1.165) is 38.5 Å². The molecule has 0 aromatic heterocycles. The number of allylic oxidation sites excluding steroid dienone is 3. The lowest BCUT2D eigenvalue weighted by Crippen LogP contribution is -2.45. The van der Waals surface area contributed by atoms with E-state index < -0.39 is 12.1 Å². The fourth-order valence-corrected chi connectivity index (χ4v) is 11.8. The van der Waals surface area contributed by atoms with Crippen molar-refractivity contribution in [3.8, 4) is 0 Å². The van der Waals surface area contributed by atoms with E-state index in [9.17, 15) is 19.8 Å². The van der Waals surface area contributed by atoms with Crippen LogP contribution in [-0.4, -0.2) is 47.4 Å². The first-order valence-electron chi connectivity index (χ1n) is 37.1. The molecule has 0 aliphatic rings. The highest BCUT2D eigenvalue weighted by molar-refractivity contribution is 5.76. The minimum atomic E-state index is -0.847. The van der Waals surface area contributed by atoms with Crippen LogP contribution in [0.5, 0.6) is 0 Å². The smallest absolute Gasteiger partial charge is 0.305 e. The molecule has 0 aromatic rings. The minimum absolute atomic E-state index is 0.0171. The van der Waals surface area contributed by atoms with Crippen LogP contribution >= 0.6 is 0 Å². The van der Waals surface area contributed by atoms with Crippen molar-refractivity contribution in [3.05, 3.63) is 24.3 Å². The van der Waals surface area contributed by atoms with Crippen molar-refractivity contribution in [2.24, 2.45) is 0 Å². The van der Waals surface area contributed by atoms with Gasteiger partial charge in [-0.15, -0.1) is 0 Å². The molecule has 6 nitrogen and oxygen atoms in total. The Morgan fingerprint density at radius 3 is 0.877 bits per heavy atom. The number of aliphatic hydroxyl groups is 2. The van der Waals surface area contributed by atoms with Gasteiger partial charge < -0.3 is 20.3 Å². The standard InChI is InChI=1S/C75H145NO5/c1-3-5-7-9-11-13-15-17-19-20-21-22-23-28-31-34-37-40-43-47-51-55-59-63-67-73(78)72(71-77)76-74(79)68-64-60-56-52-48-44-41-38-35-32-29-26-24-25-27-30-33-36-39-42-46-50-54-58-62-66-70-81-75(80)69-65-61-57-53-49-45-18-16-14-12-10-8-6-4-2/h24,26,63,67,72-73,77-78H,3-23,25,27-62,64-66,68-71H2,1-2H3,(H,76,79)/b26-24-,67-63+. The van der Waals surface area contributed by atoms with Crippen molar-refractivity contribution in [1.29, 1.82) is 0 Å². The van der Waals surface area contributed by atoms with Crippen molar-refractivity contribution in [1.82, 2.24) is 5.32 Å². The van der Waals surface area contributed by atoms with Gasteiger partial charge in [0.15, 0.2) is 0 Å². The van der Waals surface area contributed by atoms with E-state index in [1.54, 1.807) is 6.08 Å². The van der Waals surface area contributed by atoms with E-state index in [0.29, 0.717) is 19.4 Å². The number of nitrogens with one attached hydrogen (secondary N) is 1. The van der Waals surface area contributed by atoms with E-state index >= 15 is 0 Å². The van der Waals surface area contributed by atoms with Crippen molar-refractivity contribution in [2.45, 2.75) is 431 Å². The molecule has 2 atom stereocenters. The number of amides is 1. The number of carbonyl (C=O) groups excluding carboxylic acids is 2. The van der Waals surface area contributed by atoms with Crippen LogP contribution in [0, 0.1) is 0 Å². The molecule has 0 rings (SSSR count). The van der Waals surface area contributed by atoms with E-state index in [4.69, 9.17) is 4.74 Å². The van der Waals surface area contributed by atoms with Gasteiger partial charge in [0.25, 0.3) is 0 Å². The quantitative estimate of drug-likeness (QED) is 0.0320. The van der Waals surface area contributed by atoms with Crippen molar-refractivity contribution < 1.29 is 24.5 Å². The predicted molar refractivity (Wildman–Crippen MR) is 356 cm³/mol. The third kappa shape index (κ3) is 67.3. The van der Waals surface area contributed by atoms with Gasteiger partial charge in [-0.1, -0.05) is 372 Å². The van der Waals surface area contributed by atoms with Gasteiger partial charge in [-0.3, -0.25) is 9.59 Å². The zero-order chi connectivity index (χ0) is 58.5. The van der Waals surface area contributed by atoms with Crippen LogP contribution in [0.15, 0.2) is 24.3 Å². The van der Waals surface area contributed by atoms with E-state index in [1.807, 2.05) is 6.08 Å². The molecule has 0 saturated carbocycles. The van der Waals surface area contributed by atoms with Crippen LogP contribution in [-0.2, 0) is 14.3 Å². The van der Waals surface area contributed by atoms with Crippen molar-refractivity contribution in [3.63, 3.8) is 0 Å². The highest BCUT2D eigenvalue weighted by atomic mass is 16.5. The van der Waals surface area contributed by atoms with Gasteiger partial charge in [0.05, 0.1) is 25.4 Å². The number of hydrogen-bond acceptors (Lipinski definition) is 5. The molecule has 1 amide bonds. The largest absolute Gasteiger partial charge is 0.466 e. The molecule has 0 aliphatic carbocycles. The molecule has 480 valence electrons. The van der Waals surface area contributed by atoms with Gasteiger partial charge in [0, 0.05) is 12.8 Å². The van der Waals surface area contributed by atoms with Crippen LogP contribution in [0.1, 0.15) is 418 Å². The fraction of sp³-hybridized carbons (Fsp3) is 0.920. The molecule has 0 saturated heterocycles. The second-order valence-corrected chi connectivity index (χ2v) is 25.6. The van der Waals surface area contributed by atoms with Crippen LogP contribution < -0.4 is 5.32 Å². The van der Waals surface area contributed by atoms with Crippen molar-refractivity contribution >= 4 is 11.9 Å². The summed E-state index contributed by atoms with van der Waals surface area (Å²) in [5.74, 6) is -0.0479. The monoisotopic (exact) mass is 1140 g/mol. The predicted octanol–water partition coefficient (Wildman–Crippen LogP) is 24.1. The number of unbranched alkanes of at least 4 members (excludes halogenated alkanes) is 57. The van der Waals surface area contributed by atoms with Gasteiger partial charge in [-0.25, -0.2) is 0 Å². The molecule has 0 spiro atoms. The average Bonchev–Trinajstić information content (AvgIpc) is 3.47. The summed E-state index contributed by atoms with van der Waals surface area (Å²) in [5.41, 5.74) is 0. The van der Waals surface area contributed by atoms with Gasteiger partial charge in [-0.05, 0) is 57.8 Å². The van der Waals surface area contributed by atoms with Gasteiger partial charge in [0.1, 0.15) is 0 Å². The summed E-state index contributed by atoms with van der Waals surface area (Å²) >= 11 is 0. The summed E-state index contributed by atoms with van der Waals surface area (Å²) in [6.45, 7) is 4.95. The van der Waals surface area contributed by atoms with Gasteiger partial charge in [-0.2, -0.15) is 0 Å². The zero-order valence-corrected chi connectivity index (χ0v) is 55.0. The van der Waals surface area contributed by atoms with E-state index in [1.165, 1.54) is 353 Å². The Kier molecular flexibility index (Phi) is 69.4. The molecule has 0 fully saturated rings. The molecule has 0 heterocycles. The van der Waals surface area contributed by atoms with E-state index in [2.05, 4.69) is 31.3 Å². The van der Waals surface area contributed by atoms with Gasteiger partial charge in [0.2, 0.25) is 5.91 Å². The average molecular weight is 1140 g/mol. The number of esters is 1. The molecular weight excluding hydrogens is 995 g/mol. The molecule has 0 aromatic carbocycles. The Balaban J connectivity index is 3.41. The Labute approximate surface area is 507 Å². The van der Waals surface area contributed by atoms with Crippen LogP contribution in [0.4, 0.5) is 0 Å². The molecule has 0 bridgehead atoms. The summed E-state index contributed by atoms with van der Waals surface area (Å²) in [6, 6.07) is -0.630. The maximum atomic E-state index is 12.5. The lowest BCUT2D eigenvalue weighted by Gasteiger charge is -2.20. The molecule has 3 N–H and O–H groups in total. The summed E-state index contributed by atoms with van der Waals surface area (Å²) in [4.78, 5) is 24.6. The number of carbonyl (C=O) groups is 2. The molecule has 0 aliphatic heterocycles. The molecule has 2 unspecified atom stereocenters. The molecule has 81 heavy (non-hydrogen) atoms. The minimum Gasteiger partial charge on any atom is -0.466 e. The lowest BCUT2D eigenvalue weighted by molar-refractivity contribution is -0.143. The van der Waals surface area contributed by atoms with Crippen LogP contribution in [0.25, 0.3) is 0 Å². The Bertz CT molecular complexity index is 1270. The van der Waals surface area contributed by atoms with Gasteiger partial charge >= 0.3 is 5.97 Å². The zero-order valence-electron chi connectivity index (χ0n) is 55.0. The third-order valence-electron chi connectivity index (χ3n) is 17.5. The maximum absolute atomic E-state index is 12.5. The Hall–Kier alpha value is -1.66. The third-order valence-corrected chi connectivity index (χ3v) is 17.5. The first-order chi connectivity index (χ1) is 40.0. The molecule has 6 heteroatoms. The first kappa shape index (κ1) is 79.3. The highest BCUT2D eigenvalue weighted by Crippen LogP contribution is 2.19. The first-order valence-corrected chi connectivity index (χ1v) is 37.1. The molecule has 0 radical (unpaired) electrons. The maximum Gasteiger partial charge on any atom is 0.305 e. The summed E-state index contributed by atoms with van der Waals surface area (Å²) in [5, 5.41) is 23.3. The van der Waals surface area contributed by atoms with Crippen molar-refractivity contribution in [2.75, 3.05) is 13.2 Å². The number of aliphatic hydroxyl groups excluding tert-OH is 2.